The molecule has 0 radical (unpaired) electrons. The van der Waals surface area contributed by atoms with Crippen molar-refractivity contribution in [3.05, 3.63) is 41.5 Å². The molecule has 16 heavy (non-hydrogen) atoms. The maximum absolute atomic E-state index is 10.7. The van der Waals surface area contributed by atoms with E-state index in [1.807, 2.05) is 36.4 Å². The number of nitrogens with two attached hydrogens (primary N) is 1. The molecule has 0 saturated heterocycles. The number of benzene rings is 1. The third-order valence-electron chi connectivity index (χ3n) is 1.89. The minimum Gasteiger partial charge on any atom is -0.389 e. The summed E-state index contributed by atoms with van der Waals surface area (Å²) < 4.78 is 0. The molecule has 2 nitrogen and oxygen atoms in total. The molecule has 0 unspecified atom stereocenters. The fourth-order valence-corrected chi connectivity index (χ4v) is 1.67. The van der Waals surface area contributed by atoms with Crippen LogP contribution in [0.1, 0.15) is 18.1 Å². The standard InChI is InChI=1S/C12H13NOS2/c1-9(14)16-8-2-3-10-4-6-11(7-5-10)12(13)15/h2-7H,8H2,1H3,(H2,13,15). The van der Waals surface area contributed by atoms with Crippen molar-refractivity contribution in [3.8, 4) is 0 Å². The monoisotopic (exact) mass is 251 g/mol. The smallest absolute Gasteiger partial charge is 0.186 e. The van der Waals surface area contributed by atoms with E-state index in [4.69, 9.17) is 18.0 Å². The van der Waals surface area contributed by atoms with Crippen molar-refractivity contribution in [3.63, 3.8) is 0 Å². The Kier molecular flexibility index (Phi) is 5.22. The first-order valence-corrected chi connectivity index (χ1v) is 6.19. The summed E-state index contributed by atoms with van der Waals surface area (Å²) in [7, 11) is 0. The minimum absolute atomic E-state index is 0.133. The zero-order chi connectivity index (χ0) is 12.0. The highest BCUT2D eigenvalue weighted by Gasteiger charge is 1.94. The van der Waals surface area contributed by atoms with E-state index in [-0.39, 0.29) is 5.12 Å². The van der Waals surface area contributed by atoms with Gasteiger partial charge in [0.2, 0.25) is 0 Å². The van der Waals surface area contributed by atoms with Crippen LogP contribution in [0.15, 0.2) is 30.3 Å². The summed E-state index contributed by atoms with van der Waals surface area (Å²) in [5.74, 6) is 0.701. The molecular formula is C12H13NOS2. The number of carbonyl (C=O) groups excluding carboxylic acids is 1. The zero-order valence-corrected chi connectivity index (χ0v) is 10.6. The molecule has 0 heterocycles. The molecule has 0 amide bonds. The SMILES string of the molecule is CC(=O)SCC=Cc1ccc(C(N)=S)cc1. The van der Waals surface area contributed by atoms with Crippen molar-refractivity contribution in [2.24, 2.45) is 5.73 Å². The van der Waals surface area contributed by atoms with Gasteiger partial charge in [0.15, 0.2) is 5.12 Å². The van der Waals surface area contributed by atoms with Crippen LogP contribution in [-0.2, 0) is 4.79 Å². The van der Waals surface area contributed by atoms with Crippen LogP contribution in [0.5, 0.6) is 0 Å². The Morgan fingerprint density at radius 2 is 2.06 bits per heavy atom. The molecule has 1 rings (SSSR count). The lowest BCUT2D eigenvalue weighted by atomic mass is 10.1. The molecule has 0 fully saturated rings. The molecule has 0 aliphatic heterocycles. The van der Waals surface area contributed by atoms with Gasteiger partial charge < -0.3 is 5.73 Å². The van der Waals surface area contributed by atoms with Crippen molar-refractivity contribution >= 4 is 40.2 Å². The number of hydrogen-bond acceptors (Lipinski definition) is 3. The van der Waals surface area contributed by atoms with Gasteiger partial charge in [-0.05, 0) is 5.56 Å². The van der Waals surface area contributed by atoms with E-state index in [9.17, 15) is 4.79 Å². The van der Waals surface area contributed by atoms with E-state index in [0.29, 0.717) is 10.7 Å². The predicted molar refractivity (Wildman–Crippen MR) is 74.5 cm³/mol. The van der Waals surface area contributed by atoms with Gasteiger partial charge >= 0.3 is 0 Å². The molecule has 1 aromatic carbocycles. The number of thiocarbonyl (C=S) groups is 1. The van der Waals surface area contributed by atoms with Crippen LogP contribution in [0.4, 0.5) is 0 Å². The highest BCUT2D eigenvalue weighted by Crippen LogP contribution is 2.08. The second-order valence-corrected chi connectivity index (χ2v) is 4.83. The van der Waals surface area contributed by atoms with Gasteiger partial charge in [-0.15, -0.1) is 0 Å². The van der Waals surface area contributed by atoms with Gasteiger partial charge in [-0.25, -0.2) is 0 Å². The molecular weight excluding hydrogens is 238 g/mol. The largest absolute Gasteiger partial charge is 0.389 e. The summed E-state index contributed by atoms with van der Waals surface area (Å²) in [5, 5.41) is 0.133. The maximum Gasteiger partial charge on any atom is 0.186 e. The van der Waals surface area contributed by atoms with Gasteiger partial charge in [0.05, 0.1) is 0 Å². The molecule has 0 aromatic heterocycles. The molecule has 4 heteroatoms. The summed E-state index contributed by atoms with van der Waals surface area (Å²) in [6, 6.07) is 7.67. The first kappa shape index (κ1) is 12.9. The Labute approximate surface area is 105 Å². The quantitative estimate of drug-likeness (QED) is 0.835. The Bertz CT molecular complexity index is 410. The van der Waals surface area contributed by atoms with Crippen LogP contribution in [-0.4, -0.2) is 15.9 Å². The van der Waals surface area contributed by atoms with E-state index < -0.39 is 0 Å². The second-order valence-electron chi connectivity index (χ2n) is 3.19. The van der Waals surface area contributed by atoms with Gasteiger partial charge in [-0.2, -0.15) is 0 Å². The van der Waals surface area contributed by atoms with E-state index >= 15 is 0 Å². The summed E-state index contributed by atoms with van der Waals surface area (Å²) in [6.45, 7) is 1.56. The number of hydrogen-bond donors (Lipinski definition) is 1. The topological polar surface area (TPSA) is 43.1 Å². The Morgan fingerprint density at radius 1 is 1.44 bits per heavy atom. The zero-order valence-electron chi connectivity index (χ0n) is 8.97. The lowest BCUT2D eigenvalue weighted by Gasteiger charge is -1.98. The van der Waals surface area contributed by atoms with Crippen molar-refractivity contribution in [1.29, 1.82) is 0 Å². The lowest BCUT2D eigenvalue weighted by molar-refractivity contribution is -0.109. The minimum atomic E-state index is 0.133. The third-order valence-corrected chi connectivity index (χ3v) is 2.89. The molecule has 1 aromatic rings. The molecule has 0 aliphatic rings. The van der Waals surface area contributed by atoms with Crippen LogP contribution in [0.25, 0.3) is 6.08 Å². The average molecular weight is 251 g/mol. The normalized spacial score (nSPS) is 10.6. The van der Waals surface area contributed by atoms with Crippen LogP contribution >= 0.6 is 24.0 Å². The van der Waals surface area contributed by atoms with Crippen molar-refractivity contribution in [2.75, 3.05) is 5.75 Å². The predicted octanol–water partition coefficient (Wildman–Crippen LogP) is 2.61. The fraction of sp³-hybridized carbons (Fsp3) is 0.167. The van der Waals surface area contributed by atoms with Gasteiger partial charge in [0.1, 0.15) is 4.99 Å². The Hall–Kier alpha value is -1.13. The van der Waals surface area contributed by atoms with E-state index in [0.717, 1.165) is 11.1 Å². The third kappa shape index (κ3) is 4.59. The Morgan fingerprint density at radius 3 is 2.56 bits per heavy atom. The van der Waals surface area contributed by atoms with E-state index in [1.165, 1.54) is 11.8 Å². The molecule has 0 bridgehead atoms. The van der Waals surface area contributed by atoms with E-state index in [2.05, 4.69) is 0 Å². The summed E-state index contributed by atoms with van der Waals surface area (Å²) in [5.41, 5.74) is 7.43. The maximum atomic E-state index is 10.7. The summed E-state index contributed by atoms with van der Waals surface area (Å²) in [4.78, 5) is 11.1. The van der Waals surface area contributed by atoms with Gasteiger partial charge in [-0.3, -0.25) is 4.79 Å². The molecule has 0 aliphatic carbocycles. The molecule has 0 saturated carbocycles. The van der Waals surface area contributed by atoms with Crippen molar-refractivity contribution in [2.45, 2.75) is 6.92 Å². The van der Waals surface area contributed by atoms with Crippen LogP contribution in [0, 0.1) is 0 Å². The fourth-order valence-electron chi connectivity index (χ4n) is 1.11. The van der Waals surface area contributed by atoms with Crippen LogP contribution < -0.4 is 5.73 Å². The highest BCUT2D eigenvalue weighted by atomic mass is 32.2. The average Bonchev–Trinajstić information content (AvgIpc) is 2.25. The molecule has 0 atom stereocenters. The first-order valence-electron chi connectivity index (χ1n) is 4.79. The summed E-state index contributed by atoms with van der Waals surface area (Å²) in [6.07, 6.45) is 3.93. The number of carbonyl (C=O) groups is 1. The second kappa shape index (κ2) is 6.45. The van der Waals surface area contributed by atoms with Crippen molar-refractivity contribution < 1.29 is 4.79 Å². The van der Waals surface area contributed by atoms with Gasteiger partial charge in [0, 0.05) is 18.2 Å². The van der Waals surface area contributed by atoms with Gasteiger partial charge in [0.25, 0.3) is 0 Å². The van der Waals surface area contributed by atoms with E-state index in [1.54, 1.807) is 6.92 Å². The lowest BCUT2D eigenvalue weighted by Crippen LogP contribution is -2.08. The van der Waals surface area contributed by atoms with Crippen LogP contribution in [0.3, 0.4) is 0 Å². The Balaban J connectivity index is 2.55. The molecule has 2 N–H and O–H groups in total. The van der Waals surface area contributed by atoms with Crippen LogP contribution in [0.2, 0.25) is 0 Å². The number of rotatable bonds is 4. The molecule has 84 valence electrons. The molecule has 0 spiro atoms. The number of thioether (sulfide) groups is 1. The summed E-state index contributed by atoms with van der Waals surface area (Å²) >= 11 is 6.15. The van der Waals surface area contributed by atoms with Gasteiger partial charge in [-0.1, -0.05) is 60.4 Å². The highest BCUT2D eigenvalue weighted by molar-refractivity contribution is 8.13. The van der Waals surface area contributed by atoms with Crippen molar-refractivity contribution in [1.82, 2.24) is 0 Å². The first-order chi connectivity index (χ1) is 7.59.